The highest BCUT2D eigenvalue weighted by molar-refractivity contribution is 6.09. The number of carbonyl (C=O) groups excluding carboxylic acids is 1. The Morgan fingerprint density at radius 1 is 1.37 bits per heavy atom. The van der Waals surface area contributed by atoms with E-state index < -0.39 is 0 Å². The maximum atomic E-state index is 13.1. The maximum absolute atomic E-state index is 13.1. The SMILES string of the molecule is COc1ccc(NC(=O)c2cn(C)nc2C2CCCNC2)c2cccnc12. The van der Waals surface area contributed by atoms with E-state index in [4.69, 9.17) is 4.74 Å². The summed E-state index contributed by atoms with van der Waals surface area (Å²) < 4.78 is 7.09. The summed E-state index contributed by atoms with van der Waals surface area (Å²) in [5.41, 5.74) is 2.92. The lowest BCUT2D eigenvalue weighted by Crippen LogP contribution is -2.29. The number of amides is 1. The number of nitrogens with one attached hydrogen (secondary N) is 2. The van der Waals surface area contributed by atoms with E-state index >= 15 is 0 Å². The van der Waals surface area contributed by atoms with Crippen LogP contribution >= 0.6 is 0 Å². The minimum absolute atomic E-state index is 0.154. The predicted molar refractivity (Wildman–Crippen MR) is 104 cm³/mol. The van der Waals surface area contributed by atoms with Crippen LogP contribution in [0.5, 0.6) is 5.75 Å². The molecule has 3 heterocycles. The molecule has 1 aliphatic heterocycles. The second kappa shape index (κ2) is 7.36. The lowest BCUT2D eigenvalue weighted by atomic mass is 9.93. The normalized spacial score (nSPS) is 17.0. The van der Waals surface area contributed by atoms with E-state index in [1.807, 2.05) is 31.3 Å². The van der Waals surface area contributed by atoms with Crippen molar-refractivity contribution in [2.45, 2.75) is 18.8 Å². The first-order valence-corrected chi connectivity index (χ1v) is 9.14. The second-order valence-electron chi connectivity index (χ2n) is 6.81. The van der Waals surface area contributed by atoms with Crippen LogP contribution in [0.25, 0.3) is 10.9 Å². The highest BCUT2D eigenvalue weighted by Gasteiger charge is 2.25. The Balaban J connectivity index is 1.67. The number of anilines is 1. The molecule has 1 unspecified atom stereocenters. The zero-order valence-corrected chi connectivity index (χ0v) is 15.5. The molecule has 1 fully saturated rings. The first kappa shape index (κ1) is 17.5. The van der Waals surface area contributed by atoms with Gasteiger partial charge in [-0.05, 0) is 43.7 Å². The fourth-order valence-corrected chi connectivity index (χ4v) is 3.68. The summed E-state index contributed by atoms with van der Waals surface area (Å²) in [6.45, 7) is 1.88. The van der Waals surface area contributed by atoms with E-state index in [9.17, 15) is 4.79 Å². The smallest absolute Gasteiger partial charge is 0.259 e. The molecule has 7 heteroatoms. The Morgan fingerprint density at radius 2 is 2.26 bits per heavy atom. The molecule has 0 saturated carbocycles. The van der Waals surface area contributed by atoms with Crippen LogP contribution in [0.1, 0.15) is 34.8 Å². The number of aryl methyl sites for hydroxylation is 1. The van der Waals surface area contributed by atoms with E-state index in [1.54, 1.807) is 24.2 Å². The zero-order chi connectivity index (χ0) is 18.8. The van der Waals surface area contributed by atoms with Gasteiger partial charge in [0.15, 0.2) is 0 Å². The molecule has 1 saturated heterocycles. The average molecular weight is 365 g/mol. The number of ether oxygens (including phenoxy) is 1. The van der Waals surface area contributed by atoms with Gasteiger partial charge in [-0.15, -0.1) is 0 Å². The summed E-state index contributed by atoms with van der Waals surface area (Å²) in [5, 5.41) is 11.8. The summed E-state index contributed by atoms with van der Waals surface area (Å²) in [6, 6.07) is 7.44. The van der Waals surface area contributed by atoms with Gasteiger partial charge >= 0.3 is 0 Å². The Bertz CT molecular complexity index is 976. The molecule has 0 bridgehead atoms. The molecule has 1 atom stereocenters. The number of pyridine rings is 1. The first-order chi connectivity index (χ1) is 13.2. The van der Waals surface area contributed by atoms with Crippen LogP contribution in [0, 0.1) is 0 Å². The summed E-state index contributed by atoms with van der Waals surface area (Å²) in [4.78, 5) is 17.4. The lowest BCUT2D eigenvalue weighted by Gasteiger charge is -2.22. The average Bonchev–Trinajstić information content (AvgIpc) is 3.11. The van der Waals surface area contributed by atoms with Gasteiger partial charge in [0.25, 0.3) is 5.91 Å². The van der Waals surface area contributed by atoms with Gasteiger partial charge in [0.05, 0.1) is 24.1 Å². The number of hydrogen-bond donors (Lipinski definition) is 2. The minimum atomic E-state index is -0.154. The third-order valence-electron chi connectivity index (χ3n) is 4.99. The molecular weight excluding hydrogens is 342 g/mol. The van der Waals surface area contributed by atoms with Crippen LogP contribution in [0.3, 0.4) is 0 Å². The molecule has 1 aliphatic rings. The van der Waals surface area contributed by atoms with E-state index in [1.165, 1.54) is 0 Å². The monoisotopic (exact) mass is 365 g/mol. The Hall–Kier alpha value is -2.93. The lowest BCUT2D eigenvalue weighted by molar-refractivity contribution is 0.102. The number of rotatable bonds is 4. The molecule has 7 nitrogen and oxygen atoms in total. The summed E-state index contributed by atoms with van der Waals surface area (Å²) in [6.07, 6.45) is 5.64. The molecule has 0 spiro atoms. The molecule has 27 heavy (non-hydrogen) atoms. The molecule has 3 aromatic rings. The Morgan fingerprint density at radius 3 is 3.04 bits per heavy atom. The van der Waals surface area contributed by atoms with Crippen LogP contribution in [0.4, 0.5) is 5.69 Å². The zero-order valence-electron chi connectivity index (χ0n) is 15.5. The van der Waals surface area contributed by atoms with Crippen molar-refractivity contribution in [2.24, 2.45) is 7.05 Å². The molecule has 2 N–H and O–H groups in total. The van der Waals surface area contributed by atoms with E-state index in [0.29, 0.717) is 17.0 Å². The topological polar surface area (TPSA) is 81.1 Å². The number of hydrogen-bond acceptors (Lipinski definition) is 5. The van der Waals surface area contributed by atoms with Crippen LogP contribution < -0.4 is 15.4 Å². The van der Waals surface area contributed by atoms with Crippen LogP contribution in [0.2, 0.25) is 0 Å². The minimum Gasteiger partial charge on any atom is -0.494 e. The standard InChI is InChI=1S/C20H23N5O2/c1-25-12-15(18(24-25)13-5-3-9-21-11-13)20(26)23-16-7-8-17(27-2)19-14(16)6-4-10-22-19/h4,6-8,10,12-13,21H,3,5,9,11H2,1-2H3,(H,23,26). The molecule has 0 aliphatic carbocycles. The van der Waals surface area contributed by atoms with E-state index in [0.717, 1.165) is 42.5 Å². The fourth-order valence-electron chi connectivity index (χ4n) is 3.68. The van der Waals surface area contributed by atoms with Gasteiger partial charge in [-0.1, -0.05) is 0 Å². The molecular formula is C20H23N5O2. The molecule has 140 valence electrons. The summed E-state index contributed by atoms with van der Waals surface area (Å²) >= 11 is 0. The highest BCUT2D eigenvalue weighted by atomic mass is 16.5. The van der Waals surface area contributed by atoms with Crippen LogP contribution in [-0.2, 0) is 7.05 Å². The second-order valence-corrected chi connectivity index (χ2v) is 6.81. The number of nitrogens with zero attached hydrogens (tertiary/aromatic N) is 3. The number of aromatic nitrogens is 3. The van der Waals surface area contributed by atoms with Crippen LogP contribution in [0.15, 0.2) is 36.7 Å². The maximum Gasteiger partial charge on any atom is 0.259 e. The third-order valence-corrected chi connectivity index (χ3v) is 4.99. The molecule has 4 rings (SSSR count). The van der Waals surface area contributed by atoms with E-state index in [2.05, 4.69) is 20.7 Å². The van der Waals surface area contributed by atoms with Crippen LogP contribution in [-0.4, -0.2) is 40.9 Å². The number of fused-ring (bicyclic) bond motifs is 1. The third kappa shape index (κ3) is 3.38. The number of methoxy groups -OCH3 is 1. The van der Waals surface area contributed by atoms with Gasteiger partial charge < -0.3 is 15.4 Å². The Labute approximate surface area is 157 Å². The molecule has 2 aromatic heterocycles. The van der Waals surface area contributed by atoms with E-state index in [-0.39, 0.29) is 11.8 Å². The first-order valence-electron chi connectivity index (χ1n) is 9.14. The van der Waals surface area contributed by atoms with Gasteiger partial charge in [0, 0.05) is 37.3 Å². The molecule has 0 radical (unpaired) electrons. The van der Waals surface area contributed by atoms with Crippen molar-refractivity contribution in [3.05, 3.63) is 47.9 Å². The number of carbonyl (C=O) groups is 1. The fraction of sp³-hybridized carbons (Fsp3) is 0.350. The number of piperidine rings is 1. The summed E-state index contributed by atoms with van der Waals surface area (Å²) in [7, 11) is 3.46. The van der Waals surface area contributed by atoms with Crippen molar-refractivity contribution >= 4 is 22.5 Å². The summed E-state index contributed by atoms with van der Waals surface area (Å²) in [5.74, 6) is 0.785. The van der Waals surface area contributed by atoms with Gasteiger partial charge in [0.2, 0.25) is 0 Å². The highest BCUT2D eigenvalue weighted by Crippen LogP contribution is 2.31. The van der Waals surface area contributed by atoms with Crippen molar-refractivity contribution in [3.8, 4) is 5.75 Å². The Kier molecular flexibility index (Phi) is 4.77. The molecule has 1 aromatic carbocycles. The van der Waals surface area contributed by atoms with Gasteiger partial charge in [-0.2, -0.15) is 5.10 Å². The van der Waals surface area contributed by atoms with Crippen molar-refractivity contribution in [1.82, 2.24) is 20.1 Å². The molecule has 1 amide bonds. The van der Waals surface area contributed by atoms with Gasteiger partial charge in [-0.25, -0.2) is 0 Å². The van der Waals surface area contributed by atoms with Crippen molar-refractivity contribution in [3.63, 3.8) is 0 Å². The van der Waals surface area contributed by atoms with Gasteiger partial charge in [0.1, 0.15) is 11.3 Å². The largest absolute Gasteiger partial charge is 0.494 e. The van der Waals surface area contributed by atoms with Crippen molar-refractivity contribution < 1.29 is 9.53 Å². The number of benzene rings is 1. The van der Waals surface area contributed by atoms with Crippen molar-refractivity contribution in [1.29, 1.82) is 0 Å². The van der Waals surface area contributed by atoms with Crippen molar-refractivity contribution in [2.75, 3.05) is 25.5 Å². The predicted octanol–water partition coefficient (Wildman–Crippen LogP) is 2.70. The van der Waals surface area contributed by atoms with Gasteiger partial charge in [-0.3, -0.25) is 14.5 Å². The quantitative estimate of drug-likeness (QED) is 0.743.